The van der Waals surface area contributed by atoms with Crippen molar-refractivity contribution in [2.75, 3.05) is 31.6 Å². The summed E-state index contributed by atoms with van der Waals surface area (Å²) in [6, 6.07) is 13.0. The van der Waals surface area contributed by atoms with Crippen LogP contribution in [0.5, 0.6) is 11.8 Å². The Balaban J connectivity index is 1.31. The number of hydrogen-bond acceptors (Lipinski definition) is 7. The average Bonchev–Trinajstić information content (AvgIpc) is 3.34. The van der Waals surface area contributed by atoms with Crippen molar-refractivity contribution in [2.24, 2.45) is 0 Å². The lowest BCUT2D eigenvalue weighted by Gasteiger charge is -2.87. The van der Waals surface area contributed by atoms with Crippen molar-refractivity contribution >= 4 is 39.1 Å². The van der Waals surface area contributed by atoms with Crippen molar-refractivity contribution in [3.63, 3.8) is 0 Å². The van der Waals surface area contributed by atoms with Gasteiger partial charge in [-0.1, -0.05) is 35.9 Å². The van der Waals surface area contributed by atoms with Crippen molar-refractivity contribution in [3.05, 3.63) is 53.3 Å². The Morgan fingerprint density at radius 1 is 1.12 bits per heavy atom. The maximum atomic E-state index is 16.8. The number of aromatic nitrogens is 2. The first-order valence-corrected chi connectivity index (χ1v) is 14.8. The Morgan fingerprint density at radius 3 is 2.66 bits per heavy atom. The Morgan fingerprint density at radius 2 is 1.95 bits per heavy atom. The van der Waals surface area contributed by atoms with Crippen LogP contribution in [0.2, 0.25) is 5.02 Å². The number of piperazine rings is 1. The maximum Gasteiger partial charge on any atom is 0.319 e. The molecule has 8 rings (SSSR count). The van der Waals surface area contributed by atoms with Gasteiger partial charge in [-0.3, -0.25) is 0 Å². The van der Waals surface area contributed by atoms with Crippen LogP contribution in [-0.4, -0.2) is 69.4 Å². The highest BCUT2D eigenvalue weighted by Crippen LogP contribution is 2.67. The number of rotatable bonds is 5. The molecule has 1 aliphatic carbocycles. The van der Waals surface area contributed by atoms with Crippen LogP contribution in [0.15, 0.2) is 42.5 Å². The first kappa shape index (κ1) is 25.5. The topological polar surface area (TPSA) is 73.8 Å². The molecular weight excluding hydrogens is 541 g/mol. The van der Waals surface area contributed by atoms with E-state index in [-0.39, 0.29) is 50.5 Å². The quantitative estimate of drug-likeness (QED) is 0.308. The fourth-order valence-corrected chi connectivity index (χ4v) is 8.79. The monoisotopic (exact) mass is 573 g/mol. The van der Waals surface area contributed by atoms with Crippen molar-refractivity contribution in [1.82, 2.24) is 20.2 Å². The standard InChI is InChI=1S/C32H33ClFN5O2/c1-30-10-11-32(30)31(2,37-30)17-39(32)28-23-15-24(33)25(22-14-20(40)13-18-7-4-5-9-21(18)22)26(34)27(23)35-29(36-28)41-16-19-8-6-12-38(19)3/h4-5,7,9,13-15,19,37,40H,6,8,10-12,16-17H2,1-3H3/t19-,30?,31?,32?/m0/s1. The van der Waals surface area contributed by atoms with Gasteiger partial charge < -0.3 is 25.0 Å². The highest BCUT2D eigenvalue weighted by molar-refractivity contribution is 6.35. The molecule has 4 heterocycles. The third kappa shape index (κ3) is 3.27. The van der Waals surface area contributed by atoms with Crippen LogP contribution in [0.25, 0.3) is 32.8 Å². The summed E-state index contributed by atoms with van der Waals surface area (Å²) >= 11 is 6.90. The van der Waals surface area contributed by atoms with Crippen molar-refractivity contribution in [3.8, 4) is 22.9 Å². The molecule has 41 heavy (non-hydrogen) atoms. The van der Waals surface area contributed by atoms with Crippen LogP contribution in [0.1, 0.15) is 39.5 Å². The summed E-state index contributed by atoms with van der Waals surface area (Å²) < 4.78 is 23.0. The zero-order valence-corrected chi connectivity index (χ0v) is 24.2. The minimum atomic E-state index is -0.543. The van der Waals surface area contributed by atoms with E-state index in [1.54, 1.807) is 18.2 Å². The summed E-state index contributed by atoms with van der Waals surface area (Å²) in [5.41, 5.74) is 0.817. The zero-order chi connectivity index (χ0) is 28.3. The lowest BCUT2D eigenvalue weighted by molar-refractivity contribution is -0.182. The summed E-state index contributed by atoms with van der Waals surface area (Å²) in [6.07, 6.45) is 4.31. The lowest BCUT2D eigenvalue weighted by atomic mass is 9.40. The number of likely N-dealkylation sites (N-methyl/N-ethyl adjacent to an activating group) is 1. The first-order valence-electron chi connectivity index (χ1n) is 14.5. The highest BCUT2D eigenvalue weighted by atomic mass is 35.5. The maximum absolute atomic E-state index is 16.8. The number of aromatic hydroxyl groups is 1. The molecule has 4 aliphatic rings. The lowest BCUT2D eigenvalue weighted by Crippen LogP contribution is -3.06. The van der Waals surface area contributed by atoms with E-state index in [2.05, 4.69) is 41.0 Å². The van der Waals surface area contributed by atoms with Crippen LogP contribution < -0.4 is 15.0 Å². The largest absolute Gasteiger partial charge is 0.508 e. The molecule has 4 fully saturated rings. The molecule has 0 bridgehead atoms. The molecule has 1 saturated carbocycles. The Labute approximate surface area is 243 Å². The molecule has 3 saturated heterocycles. The van der Waals surface area contributed by atoms with Crippen molar-refractivity contribution in [1.29, 1.82) is 0 Å². The SMILES string of the molecule is CN1CCC[C@H]1COc1nc(N2CC3(C)NC4(C)CCC243)c2cc(Cl)c(-c3cc(O)cc4ccccc34)c(F)c2n1. The van der Waals surface area contributed by atoms with E-state index in [4.69, 9.17) is 21.3 Å². The van der Waals surface area contributed by atoms with Crippen LogP contribution in [-0.2, 0) is 0 Å². The first-order chi connectivity index (χ1) is 19.6. The molecule has 3 unspecified atom stereocenters. The van der Waals surface area contributed by atoms with Gasteiger partial charge in [-0.15, -0.1) is 0 Å². The van der Waals surface area contributed by atoms with Gasteiger partial charge in [0.25, 0.3) is 0 Å². The number of nitrogens with zero attached hydrogens (tertiary/aromatic N) is 4. The Bertz CT molecular complexity index is 1760. The number of phenolic OH excluding ortho intramolecular Hbond substituents is 1. The van der Waals surface area contributed by atoms with E-state index in [1.165, 1.54) is 0 Å². The smallest absolute Gasteiger partial charge is 0.319 e. The molecule has 0 amide bonds. The number of likely N-dealkylation sites (tertiary alicyclic amines) is 1. The molecule has 3 aromatic carbocycles. The van der Waals surface area contributed by atoms with Crippen molar-refractivity contribution in [2.45, 2.75) is 62.2 Å². The predicted octanol–water partition coefficient (Wildman–Crippen LogP) is 5.89. The number of phenols is 1. The summed E-state index contributed by atoms with van der Waals surface area (Å²) in [7, 11) is 2.10. The number of hydrogen-bond donors (Lipinski definition) is 2. The number of fused-ring (bicyclic) bond motifs is 2. The number of halogens is 2. The van der Waals surface area contributed by atoms with E-state index in [9.17, 15) is 5.11 Å². The van der Waals surface area contributed by atoms with Gasteiger partial charge in [0.2, 0.25) is 0 Å². The Hall–Kier alpha value is -3.20. The number of nitrogens with one attached hydrogen (secondary N) is 1. The molecule has 4 aromatic rings. The number of benzene rings is 3. The van der Waals surface area contributed by atoms with Gasteiger partial charge in [0.1, 0.15) is 23.7 Å². The number of anilines is 1. The van der Waals surface area contributed by atoms with E-state index in [1.807, 2.05) is 24.3 Å². The fraction of sp³-hybridized carbons (Fsp3) is 0.438. The minimum absolute atomic E-state index is 0.00634. The summed E-state index contributed by atoms with van der Waals surface area (Å²) in [5, 5.41) is 16.7. The molecular formula is C32H33ClFN5O2. The molecule has 7 nitrogen and oxygen atoms in total. The Kier molecular flexibility index (Phi) is 5.24. The molecule has 212 valence electrons. The van der Waals surface area contributed by atoms with Gasteiger partial charge in [-0.25, -0.2) is 4.39 Å². The van der Waals surface area contributed by atoms with Crippen molar-refractivity contribution < 1.29 is 14.2 Å². The molecule has 0 radical (unpaired) electrons. The third-order valence-electron chi connectivity index (χ3n) is 10.6. The molecule has 2 N–H and O–H groups in total. The van der Waals surface area contributed by atoms with Gasteiger partial charge in [0, 0.05) is 29.1 Å². The fourth-order valence-electron chi connectivity index (χ4n) is 8.49. The molecule has 9 heteroatoms. The van der Waals surface area contributed by atoms with E-state index in [0.29, 0.717) is 23.4 Å². The van der Waals surface area contributed by atoms with Crippen LogP contribution in [0.3, 0.4) is 0 Å². The number of ether oxygens (including phenoxy) is 1. The molecule has 1 spiro atoms. The van der Waals surface area contributed by atoms with Crippen LogP contribution >= 0.6 is 11.6 Å². The van der Waals surface area contributed by atoms with Crippen LogP contribution in [0.4, 0.5) is 10.2 Å². The molecule has 4 atom stereocenters. The normalized spacial score (nSPS) is 30.5. The van der Waals surface area contributed by atoms with E-state index >= 15 is 4.39 Å². The molecule has 3 aliphatic heterocycles. The second kappa shape index (κ2) is 8.43. The second-order valence-electron chi connectivity index (χ2n) is 12.8. The minimum Gasteiger partial charge on any atom is -0.508 e. The second-order valence-corrected chi connectivity index (χ2v) is 13.2. The van der Waals surface area contributed by atoms with Gasteiger partial charge in [-0.2, -0.15) is 9.97 Å². The average molecular weight is 574 g/mol. The highest BCUT2D eigenvalue weighted by Gasteiger charge is 2.83. The predicted molar refractivity (Wildman–Crippen MR) is 160 cm³/mol. The molecule has 1 aromatic heterocycles. The zero-order valence-electron chi connectivity index (χ0n) is 23.5. The van der Waals surface area contributed by atoms with Crippen LogP contribution in [0, 0.1) is 5.82 Å². The van der Waals surface area contributed by atoms with Gasteiger partial charge in [-0.05, 0) is 87.7 Å². The van der Waals surface area contributed by atoms with Gasteiger partial charge >= 0.3 is 6.01 Å². The third-order valence-corrected chi connectivity index (χ3v) is 10.9. The van der Waals surface area contributed by atoms with Gasteiger partial charge in [0.15, 0.2) is 5.82 Å². The van der Waals surface area contributed by atoms with Gasteiger partial charge in [0.05, 0.1) is 16.1 Å². The van der Waals surface area contributed by atoms with E-state index < -0.39 is 5.82 Å². The summed E-state index contributed by atoms with van der Waals surface area (Å²) in [6.45, 7) is 6.77. The van der Waals surface area contributed by atoms with E-state index in [0.717, 1.165) is 49.5 Å². The summed E-state index contributed by atoms with van der Waals surface area (Å²) in [4.78, 5) is 14.2. The number of piperidine rings is 1. The summed E-state index contributed by atoms with van der Waals surface area (Å²) in [5.74, 6) is 0.171.